The van der Waals surface area contributed by atoms with Crippen LogP contribution in [-0.2, 0) is 6.54 Å². The van der Waals surface area contributed by atoms with Gasteiger partial charge in [0.25, 0.3) is 0 Å². The predicted octanol–water partition coefficient (Wildman–Crippen LogP) is 1.97. The van der Waals surface area contributed by atoms with E-state index >= 15 is 0 Å². The van der Waals surface area contributed by atoms with E-state index in [1.54, 1.807) is 7.05 Å². The molecule has 18 heavy (non-hydrogen) atoms. The van der Waals surface area contributed by atoms with Gasteiger partial charge in [-0.15, -0.1) is 0 Å². The number of hydrogen-bond acceptors (Lipinski definition) is 4. The van der Waals surface area contributed by atoms with Crippen molar-refractivity contribution in [2.45, 2.75) is 26.1 Å². The van der Waals surface area contributed by atoms with Crippen LogP contribution in [-0.4, -0.2) is 36.3 Å². The standard InChI is InChI=1S/C11H17F3N4/c1-3-4-18(8-11(12,13)14)10-7-16-9(5-15-2)6-17-10/h6-7,15H,3-5,8H2,1-2H3. The third-order valence-electron chi connectivity index (χ3n) is 2.24. The van der Waals surface area contributed by atoms with Gasteiger partial charge in [0, 0.05) is 13.1 Å². The number of alkyl halides is 3. The monoisotopic (exact) mass is 262 g/mol. The highest BCUT2D eigenvalue weighted by Gasteiger charge is 2.31. The van der Waals surface area contributed by atoms with E-state index in [-0.39, 0.29) is 5.82 Å². The SMILES string of the molecule is CCCN(CC(F)(F)F)c1cnc(CNC)cn1. The summed E-state index contributed by atoms with van der Waals surface area (Å²) < 4.78 is 37.2. The molecular weight excluding hydrogens is 245 g/mol. The second-order valence-corrected chi connectivity index (χ2v) is 3.93. The summed E-state index contributed by atoms with van der Waals surface area (Å²) in [6.07, 6.45) is -0.741. The molecule has 0 unspecified atom stereocenters. The molecule has 0 aliphatic carbocycles. The summed E-state index contributed by atoms with van der Waals surface area (Å²) in [6, 6.07) is 0. The molecule has 1 heterocycles. The molecule has 1 N–H and O–H groups in total. The number of anilines is 1. The second kappa shape index (κ2) is 6.53. The van der Waals surface area contributed by atoms with Crippen LogP contribution in [0.3, 0.4) is 0 Å². The van der Waals surface area contributed by atoms with Gasteiger partial charge in [-0.3, -0.25) is 4.98 Å². The van der Waals surface area contributed by atoms with Crippen molar-refractivity contribution in [2.75, 3.05) is 25.0 Å². The Morgan fingerprint density at radius 3 is 2.44 bits per heavy atom. The lowest BCUT2D eigenvalue weighted by Gasteiger charge is -2.24. The Morgan fingerprint density at radius 1 is 1.28 bits per heavy atom. The molecule has 0 aliphatic rings. The largest absolute Gasteiger partial charge is 0.405 e. The zero-order valence-corrected chi connectivity index (χ0v) is 10.5. The molecule has 1 aromatic heterocycles. The number of aromatic nitrogens is 2. The quantitative estimate of drug-likeness (QED) is 0.851. The normalized spacial score (nSPS) is 11.6. The third-order valence-corrected chi connectivity index (χ3v) is 2.24. The molecule has 4 nitrogen and oxygen atoms in total. The molecule has 0 spiro atoms. The highest BCUT2D eigenvalue weighted by atomic mass is 19.4. The first-order valence-corrected chi connectivity index (χ1v) is 5.73. The van der Waals surface area contributed by atoms with Crippen molar-refractivity contribution < 1.29 is 13.2 Å². The van der Waals surface area contributed by atoms with Gasteiger partial charge in [0.15, 0.2) is 0 Å². The maximum Gasteiger partial charge on any atom is 0.405 e. The van der Waals surface area contributed by atoms with E-state index in [0.29, 0.717) is 25.2 Å². The van der Waals surface area contributed by atoms with E-state index in [9.17, 15) is 13.2 Å². The van der Waals surface area contributed by atoms with Gasteiger partial charge < -0.3 is 10.2 Å². The summed E-state index contributed by atoms with van der Waals surface area (Å²) in [5, 5.41) is 2.90. The van der Waals surface area contributed by atoms with Crippen molar-refractivity contribution in [1.29, 1.82) is 0 Å². The van der Waals surface area contributed by atoms with Gasteiger partial charge >= 0.3 is 6.18 Å². The predicted molar refractivity (Wildman–Crippen MR) is 63.4 cm³/mol. The average Bonchev–Trinajstić information content (AvgIpc) is 2.28. The van der Waals surface area contributed by atoms with Crippen LogP contribution in [0.25, 0.3) is 0 Å². The fourth-order valence-corrected chi connectivity index (χ4v) is 1.54. The van der Waals surface area contributed by atoms with Gasteiger partial charge in [-0.25, -0.2) is 4.98 Å². The molecule has 0 amide bonds. The first-order chi connectivity index (χ1) is 8.46. The molecule has 1 rings (SSSR count). The van der Waals surface area contributed by atoms with Crippen molar-refractivity contribution in [2.24, 2.45) is 0 Å². The second-order valence-electron chi connectivity index (χ2n) is 3.93. The summed E-state index contributed by atoms with van der Waals surface area (Å²) in [5.74, 6) is 0.258. The van der Waals surface area contributed by atoms with Crippen LogP contribution >= 0.6 is 0 Å². The van der Waals surface area contributed by atoms with Crippen LogP contribution < -0.4 is 10.2 Å². The van der Waals surface area contributed by atoms with Crippen molar-refractivity contribution in [3.05, 3.63) is 18.1 Å². The smallest absolute Gasteiger partial charge is 0.346 e. The van der Waals surface area contributed by atoms with Crippen molar-refractivity contribution >= 4 is 5.82 Å². The molecular formula is C11H17F3N4. The average molecular weight is 262 g/mol. The lowest BCUT2D eigenvalue weighted by molar-refractivity contribution is -0.119. The summed E-state index contributed by atoms with van der Waals surface area (Å²) in [4.78, 5) is 9.28. The first kappa shape index (κ1) is 14.7. The third kappa shape index (κ3) is 4.87. The fraction of sp³-hybridized carbons (Fsp3) is 0.636. The van der Waals surface area contributed by atoms with Gasteiger partial charge in [0.2, 0.25) is 0 Å². The van der Waals surface area contributed by atoms with Crippen LogP contribution in [0.2, 0.25) is 0 Å². The van der Waals surface area contributed by atoms with Crippen LogP contribution in [0.4, 0.5) is 19.0 Å². The number of hydrogen-bond donors (Lipinski definition) is 1. The number of rotatable bonds is 6. The fourth-order valence-electron chi connectivity index (χ4n) is 1.54. The van der Waals surface area contributed by atoms with Gasteiger partial charge in [-0.1, -0.05) is 6.92 Å². The van der Waals surface area contributed by atoms with Crippen LogP contribution in [0.1, 0.15) is 19.0 Å². The molecule has 102 valence electrons. The molecule has 0 aromatic carbocycles. The molecule has 0 aliphatic heterocycles. The Bertz CT molecular complexity index is 350. The summed E-state index contributed by atoms with van der Waals surface area (Å²) in [7, 11) is 1.77. The van der Waals surface area contributed by atoms with Crippen molar-refractivity contribution in [1.82, 2.24) is 15.3 Å². The maximum absolute atomic E-state index is 12.4. The minimum Gasteiger partial charge on any atom is -0.346 e. The van der Waals surface area contributed by atoms with E-state index in [1.807, 2.05) is 6.92 Å². The van der Waals surface area contributed by atoms with E-state index in [1.165, 1.54) is 17.3 Å². The van der Waals surface area contributed by atoms with Crippen molar-refractivity contribution in [3.63, 3.8) is 0 Å². The van der Waals surface area contributed by atoms with E-state index in [2.05, 4.69) is 15.3 Å². The van der Waals surface area contributed by atoms with E-state index in [0.717, 1.165) is 0 Å². The summed E-state index contributed by atoms with van der Waals surface area (Å²) in [5.41, 5.74) is 0.699. The Labute approximate surface area is 104 Å². The Morgan fingerprint density at radius 2 is 2.00 bits per heavy atom. The highest BCUT2D eigenvalue weighted by Crippen LogP contribution is 2.20. The zero-order chi connectivity index (χ0) is 13.6. The van der Waals surface area contributed by atoms with E-state index < -0.39 is 12.7 Å². The summed E-state index contributed by atoms with van der Waals surface area (Å²) >= 11 is 0. The molecule has 7 heteroatoms. The summed E-state index contributed by atoms with van der Waals surface area (Å²) in [6.45, 7) is 1.67. The van der Waals surface area contributed by atoms with Gasteiger partial charge in [0.1, 0.15) is 12.4 Å². The first-order valence-electron chi connectivity index (χ1n) is 5.73. The molecule has 0 radical (unpaired) electrons. The Hall–Kier alpha value is -1.37. The number of halogens is 3. The van der Waals surface area contributed by atoms with Gasteiger partial charge in [-0.2, -0.15) is 13.2 Å². The van der Waals surface area contributed by atoms with Crippen LogP contribution in [0, 0.1) is 0 Å². The molecule has 1 aromatic rings. The molecule has 0 saturated carbocycles. The van der Waals surface area contributed by atoms with Crippen molar-refractivity contribution in [3.8, 4) is 0 Å². The Balaban J connectivity index is 2.78. The molecule has 0 fully saturated rings. The molecule has 0 bridgehead atoms. The maximum atomic E-state index is 12.4. The van der Waals surface area contributed by atoms with E-state index in [4.69, 9.17) is 0 Å². The lowest BCUT2D eigenvalue weighted by Crippen LogP contribution is -2.35. The Kier molecular flexibility index (Phi) is 5.33. The topological polar surface area (TPSA) is 41.1 Å². The highest BCUT2D eigenvalue weighted by molar-refractivity contribution is 5.36. The molecule has 0 saturated heterocycles. The lowest BCUT2D eigenvalue weighted by atomic mass is 10.3. The number of nitrogens with one attached hydrogen (secondary N) is 1. The van der Waals surface area contributed by atoms with Crippen LogP contribution in [0.5, 0.6) is 0 Å². The minimum absolute atomic E-state index is 0.258. The van der Waals surface area contributed by atoms with Gasteiger partial charge in [-0.05, 0) is 13.5 Å². The van der Waals surface area contributed by atoms with Gasteiger partial charge in [0.05, 0.1) is 18.1 Å². The molecule has 0 atom stereocenters. The minimum atomic E-state index is -4.24. The number of nitrogens with zero attached hydrogens (tertiary/aromatic N) is 3. The van der Waals surface area contributed by atoms with Crippen LogP contribution in [0.15, 0.2) is 12.4 Å². The zero-order valence-electron chi connectivity index (χ0n) is 10.5.